The van der Waals surface area contributed by atoms with E-state index in [4.69, 9.17) is 9.26 Å². The van der Waals surface area contributed by atoms with E-state index >= 15 is 0 Å². The van der Waals surface area contributed by atoms with Crippen molar-refractivity contribution in [2.45, 2.75) is 39.2 Å². The minimum Gasteiger partial charge on any atom is -0.381 e. The van der Waals surface area contributed by atoms with E-state index in [0.717, 1.165) is 31.3 Å². The fourth-order valence-electron chi connectivity index (χ4n) is 2.18. The average Bonchev–Trinajstić information content (AvgIpc) is 2.79. The zero-order chi connectivity index (χ0) is 12.1. The first-order chi connectivity index (χ1) is 8.31. The van der Waals surface area contributed by atoms with Gasteiger partial charge in [-0.1, -0.05) is 12.1 Å². The number of rotatable bonds is 5. The molecule has 17 heavy (non-hydrogen) atoms. The van der Waals surface area contributed by atoms with Crippen molar-refractivity contribution in [3.05, 3.63) is 11.7 Å². The Labute approximate surface area is 102 Å². The smallest absolute Gasteiger partial charge is 0.244 e. The summed E-state index contributed by atoms with van der Waals surface area (Å²) in [6.07, 6.45) is 3.16. The van der Waals surface area contributed by atoms with Crippen molar-refractivity contribution >= 4 is 0 Å². The van der Waals surface area contributed by atoms with Crippen molar-refractivity contribution in [3.8, 4) is 0 Å². The van der Waals surface area contributed by atoms with Gasteiger partial charge in [-0.2, -0.15) is 4.98 Å². The van der Waals surface area contributed by atoms with Crippen LogP contribution in [-0.4, -0.2) is 29.9 Å². The van der Waals surface area contributed by atoms with Crippen molar-refractivity contribution < 1.29 is 9.26 Å². The molecule has 1 fully saturated rings. The maximum absolute atomic E-state index is 5.33. The summed E-state index contributed by atoms with van der Waals surface area (Å²) in [5.74, 6) is 2.03. The highest BCUT2D eigenvalue weighted by molar-refractivity contribution is 4.96. The summed E-state index contributed by atoms with van der Waals surface area (Å²) in [5.41, 5.74) is 0. The summed E-state index contributed by atoms with van der Waals surface area (Å²) < 4.78 is 10.6. The molecule has 5 heteroatoms. The van der Waals surface area contributed by atoms with Gasteiger partial charge in [0.2, 0.25) is 5.89 Å². The van der Waals surface area contributed by atoms with Crippen LogP contribution in [0.5, 0.6) is 0 Å². The monoisotopic (exact) mass is 239 g/mol. The number of hydrogen-bond acceptors (Lipinski definition) is 5. The maximum atomic E-state index is 5.33. The number of piperidine rings is 1. The van der Waals surface area contributed by atoms with E-state index in [-0.39, 0.29) is 6.04 Å². The normalized spacial score (nSPS) is 25.1. The third kappa shape index (κ3) is 3.26. The molecule has 0 amide bonds. The molecule has 0 aliphatic carbocycles. The first-order valence-electron chi connectivity index (χ1n) is 6.45. The van der Waals surface area contributed by atoms with Gasteiger partial charge in [-0.25, -0.2) is 0 Å². The van der Waals surface area contributed by atoms with Gasteiger partial charge in [-0.05, 0) is 32.2 Å². The van der Waals surface area contributed by atoms with E-state index in [1.807, 2.05) is 6.92 Å². The Hall–Kier alpha value is -0.940. The highest BCUT2D eigenvalue weighted by atomic mass is 16.5. The number of nitrogens with zero attached hydrogens (tertiary/aromatic N) is 2. The van der Waals surface area contributed by atoms with E-state index in [0.29, 0.717) is 12.5 Å². The summed E-state index contributed by atoms with van der Waals surface area (Å²) in [4.78, 5) is 4.44. The van der Waals surface area contributed by atoms with Crippen molar-refractivity contribution in [1.29, 1.82) is 0 Å². The minimum absolute atomic E-state index is 0.220. The zero-order valence-electron chi connectivity index (χ0n) is 10.6. The number of hydrogen-bond donors (Lipinski definition) is 1. The van der Waals surface area contributed by atoms with E-state index in [9.17, 15) is 0 Å². The maximum Gasteiger partial charge on any atom is 0.244 e. The van der Waals surface area contributed by atoms with Gasteiger partial charge in [-0.3, -0.25) is 0 Å². The first-order valence-corrected chi connectivity index (χ1v) is 6.45. The lowest BCUT2D eigenvalue weighted by atomic mass is 9.93. The van der Waals surface area contributed by atoms with Crippen LogP contribution in [0.25, 0.3) is 0 Å². The second-order valence-electron chi connectivity index (χ2n) is 4.55. The summed E-state index contributed by atoms with van der Waals surface area (Å²) >= 11 is 0. The van der Waals surface area contributed by atoms with Crippen molar-refractivity contribution in [3.63, 3.8) is 0 Å². The summed E-state index contributed by atoms with van der Waals surface area (Å²) in [6, 6.07) is 0.220. The molecule has 1 N–H and O–H groups in total. The number of ether oxygens (including phenoxy) is 1. The summed E-state index contributed by atoms with van der Waals surface area (Å²) in [6.45, 7) is 6.62. The second kappa shape index (κ2) is 6.12. The molecule has 0 saturated carbocycles. The van der Waals surface area contributed by atoms with Gasteiger partial charge >= 0.3 is 0 Å². The van der Waals surface area contributed by atoms with E-state index < -0.39 is 0 Å². The van der Waals surface area contributed by atoms with Crippen LogP contribution in [0.3, 0.4) is 0 Å². The number of nitrogens with one attached hydrogen (secondary N) is 1. The highest BCUT2D eigenvalue weighted by Crippen LogP contribution is 2.27. The molecule has 5 nitrogen and oxygen atoms in total. The Bertz CT molecular complexity index is 340. The lowest BCUT2D eigenvalue weighted by Crippen LogP contribution is -2.33. The molecule has 2 heterocycles. The molecule has 2 unspecified atom stereocenters. The predicted octanol–water partition coefficient (Wildman–Crippen LogP) is 1.71. The molecule has 1 saturated heterocycles. The van der Waals surface area contributed by atoms with Gasteiger partial charge in [0.05, 0.1) is 12.6 Å². The van der Waals surface area contributed by atoms with Gasteiger partial charge in [0, 0.05) is 13.0 Å². The van der Waals surface area contributed by atoms with Gasteiger partial charge in [0.15, 0.2) is 5.82 Å². The van der Waals surface area contributed by atoms with Gasteiger partial charge in [0.1, 0.15) is 0 Å². The quantitative estimate of drug-likeness (QED) is 0.793. The van der Waals surface area contributed by atoms with Crippen LogP contribution in [0.4, 0.5) is 0 Å². The Morgan fingerprint density at radius 3 is 3.18 bits per heavy atom. The Morgan fingerprint density at radius 1 is 1.53 bits per heavy atom. The third-order valence-electron chi connectivity index (χ3n) is 3.19. The summed E-state index contributed by atoms with van der Waals surface area (Å²) in [7, 11) is 0. The van der Waals surface area contributed by atoms with Crippen LogP contribution < -0.4 is 5.32 Å². The molecular formula is C12H21N3O2. The fraction of sp³-hybridized carbons (Fsp3) is 0.833. The molecule has 96 valence electrons. The zero-order valence-corrected chi connectivity index (χ0v) is 10.6. The second-order valence-corrected chi connectivity index (χ2v) is 4.55. The highest BCUT2D eigenvalue weighted by Gasteiger charge is 2.27. The molecule has 1 aliphatic heterocycles. The van der Waals surface area contributed by atoms with E-state index in [1.165, 1.54) is 12.8 Å². The standard InChI is InChI=1S/C12H21N3O2/c1-3-16-8-6-10-14-12(17-15-10)11-9(2)5-4-7-13-11/h9,11,13H,3-8H2,1-2H3. The molecule has 1 aromatic heterocycles. The largest absolute Gasteiger partial charge is 0.381 e. The lowest BCUT2D eigenvalue weighted by molar-refractivity contribution is 0.149. The molecule has 1 aromatic rings. The van der Waals surface area contributed by atoms with E-state index in [1.54, 1.807) is 0 Å². The van der Waals surface area contributed by atoms with Gasteiger partial charge in [-0.15, -0.1) is 0 Å². The van der Waals surface area contributed by atoms with Crippen LogP contribution in [-0.2, 0) is 11.2 Å². The van der Waals surface area contributed by atoms with Crippen molar-refractivity contribution in [2.75, 3.05) is 19.8 Å². The lowest BCUT2D eigenvalue weighted by Gasteiger charge is -2.26. The third-order valence-corrected chi connectivity index (χ3v) is 3.19. The molecular weight excluding hydrogens is 218 g/mol. The molecule has 0 bridgehead atoms. The molecule has 2 rings (SSSR count). The molecule has 0 radical (unpaired) electrons. The SMILES string of the molecule is CCOCCc1noc(C2NCCCC2C)n1. The minimum atomic E-state index is 0.220. The van der Waals surface area contributed by atoms with Crippen molar-refractivity contribution in [2.24, 2.45) is 5.92 Å². The topological polar surface area (TPSA) is 60.2 Å². The predicted molar refractivity (Wildman–Crippen MR) is 63.6 cm³/mol. The van der Waals surface area contributed by atoms with Gasteiger partial charge < -0.3 is 14.6 Å². The van der Waals surface area contributed by atoms with E-state index in [2.05, 4.69) is 22.4 Å². The fourth-order valence-corrected chi connectivity index (χ4v) is 2.18. The van der Waals surface area contributed by atoms with Crippen molar-refractivity contribution in [1.82, 2.24) is 15.5 Å². The number of aromatic nitrogens is 2. The van der Waals surface area contributed by atoms with Crippen LogP contribution in [0.15, 0.2) is 4.52 Å². The Morgan fingerprint density at radius 2 is 2.41 bits per heavy atom. The molecule has 1 aliphatic rings. The van der Waals surface area contributed by atoms with Crippen LogP contribution in [0.1, 0.15) is 44.4 Å². The average molecular weight is 239 g/mol. The molecule has 2 atom stereocenters. The van der Waals surface area contributed by atoms with Crippen LogP contribution in [0, 0.1) is 5.92 Å². The summed E-state index contributed by atoms with van der Waals surface area (Å²) in [5, 5.41) is 7.43. The van der Waals surface area contributed by atoms with Crippen LogP contribution in [0.2, 0.25) is 0 Å². The van der Waals surface area contributed by atoms with Crippen LogP contribution >= 0.6 is 0 Å². The molecule has 0 spiro atoms. The van der Waals surface area contributed by atoms with Gasteiger partial charge in [0.25, 0.3) is 0 Å². The molecule has 0 aromatic carbocycles. The first kappa shape index (κ1) is 12.5. The Kier molecular flexibility index (Phi) is 4.50. The Balaban J connectivity index is 1.92.